The molecule has 5 heteroatoms. The molecule has 2 heterocycles. The molecule has 128 valence electrons. The highest BCUT2D eigenvalue weighted by Crippen LogP contribution is 2.31. The van der Waals surface area contributed by atoms with E-state index < -0.39 is 0 Å². The Hall–Kier alpha value is -2.53. The number of imide groups is 1. The fraction of sp³-hybridized carbons (Fsp3) is 0.300. The van der Waals surface area contributed by atoms with E-state index >= 15 is 0 Å². The monoisotopic (exact) mass is 338 g/mol. The van der Waals surface area contributed by atoms with E-state index in [1.807, 2.05) is 13.0 Å². The second-order valence-electron chi connectivity index (χ2n) is 6.62. The first-order valence-electron chi connectivity index (χ1n) is 8.54. The van der Waals surface area contributed by atoms with E-state index in [0.29, 0.717) is 16.7 Å². The third kappa shape index (κ3) is 2.55. The summed E-state index contributed by atoms with van der Waals surface area (Å²) in [5, 5.41) is 0. The topological polar surface area (TPSA) is 40.6 Å². The Labute approximate surface area is 145 Å². The van der Waals surface area contributed by atoms with E-state index in [2.05, 4.69) is 4.90 Å². The van der Waals surface area contributed by atoms with Gasteiger partial charge in [-0.15, -0.1) is 0 Å². The number of carbonyl (C=O) groups is 2. The summed E-state index contributed by atoms with van der Waals surface area (Å²) >= 11 is 0. The van der Waals surface area contributed by atoms with Crippen molar-refractivity contribution in [2.24, 2.45) is 0 Å². The Bertz CT molecular complexity index is 826. The highest BCUT2D eigenvalue weighted by molar-refractivity contribution is 6.21. The van der Waals surface area contributed by atoms with Crippen LogP contribution in [-0.4, -0.2) is 34.7 Å². The van der Waals surface area contributed by atoms with Crippen molar-refractivity contribution in [3.63, 3.8) is 0 Å². The molecule has 2 aromatic carbocycles. The second kappa shape index (κ2) is 6.08. The van der Waals surface area contributed by atoms with Gasteiger partial charge < -0.3 is 0 Å². The van der Waals surface area contributed by atoms with Crippen LogP contribution in [0.5, 0.6) is 0 Å². The van der Waals surface area contributed by atoms with Crippen molar-refractivity contribution in [3.8, 4) is 0 Å². The van der Waals surface area contributed by atoms with Gasteiger partial charge in [-0.05, 0) is 50.2 Å². The zero-order valence-corrected chi connectivity index (χ0v) is 14.0. The van der Waals surface area contributed by atoms with Crippen molar-refractivity contribution >= 4 is 11.8 Å². The van der Waals surface area contributed by atoms with E-state index in [0.717, 1.165) is 30.0 Å². The largest absolute Gasteiger partial charge is 0.297 e. The van der Waals surface area contributed by atoms with Crippen molar-refractivity contribution in [2.45, 2.75) is 25.9 Å². The molecule has 0 saturated carbocycles. The van der Waals surface area contributed by atoms with Crippen LogP contribution in [-0.2, 0) is 6.54 Å². The molecule has 2 amide bonds. The molecule has 1 atom stereocenters. The summed E-state index contributed by atoms with van der Waals surface area (Å²) in [6.07, 6.45) is 1.15. The normalized spacial score (nSPS) is 18.2. The molecule has 0 spiro atoms. The Morgan fingerprint density at radius 3 is 2.20 bits per heavy atom. The average molecular weight is 338 g/mol. The van der Waals surface area contributed by atoms with Gasteiger partial charge in [-0.1, -0.05) is 24.3 Å². The summed E-state index contributed by atoms with van der Waals surface area (Å²) in [5.74, 6) is -1.08. The van der Waals surface area contributed by atoms with Gasteiger partial charge in [0.2, 0.25) is 0 Å². The molecule has 25 heavy (non-hydrogen) atoms. The van der Waals surface area contributed by atoms with E-state index in [-0.39, 0.29) is 30.2 Å². The summed E-state index contributed by atoms with van der Waals surface area (Å²) in [4.78, 5) is 28.6. The number of likely N-dealkylation sites (tertiary alicyclic amines) is 1. The Kier molecular flexibility index (Phi) is 3.88. The molecule has 4 rings (SSSR count). The first-order valence-corrected chi connectivity index (χ1v) is 8.54. The van der Waals surface area contributed by atoms with E-state index in [1.54, 1.807) is 30.3 Å². The molecule has 2 aromatic rings. The number of hydrogen-bond acceptors (Lipinski definition) is 3. The van der Waals surface area contributed by atoms with E-state index in [9.17, 15) is 14.0 Å². The first kappa shape index (κ1) is 16.0. The van der Waals surface area contributed by atoms with Gasteiger partial charge in [0.1, 0.15) is 5.82 Å². The van der Waals surface area contributed by atoms with Crippen LogP contribution < -0.4 is 0 Å². The molecular weight excluding hydrogens is 319 g/mol. The van der Waals surface area contributed by atoms with Gasteiger partial charge in [-0.3, -0.25) is 19.4 Å². The summed E-state index contributed by atoms with van der Waals surface area (Å²) in [6.45, 7) is 3.99. The second-order valence-corrected chi connectivity index (χ2v) is 6.62. The Balaban J connectivity index is 1.68. The molecule has 0 aromatic heterocycles. The minimum atomic E-state index is -0.374. The molecular formula is C20H19FN2O2. The molecule has 2 aliphatic heterocycles. The van der Waals surface area contributed by atoms with Crippen molar-refractivity contribution in [3.05, 3.63) is 70.5 Å². The van der Waals surface area contributed by atoms with Gasteiger partial charge in [0, 0.05) is 11.6 Å². The number of halogens is 1. The lowest BCUT2D eigenvalue weighted by Gasteiger charge is -2.37. The maximum absolute atomic E-state index is 14.6. The van der Waals surface area contributed by atoms with Crippen LogP contribution in [0.3, 0.4) is 0 Å². The highest BCUT2D eigenvalue weighted by Gasteiger charge is 2.36. The van der Waals surface area contributed by atoms with Crippen molar-refractivity contribution < 1.29 is 14.0 Å². The maximum atomic E-state index is 14.6. The third-order valence-electron chi connectivity index (χ3n) is 5.24. The molecule has 0 unspecified atom stereocenters. The molecule has 1 saturated heterocycles. The van der Waals surface area contributed by atoms with Crippen LogP contribution in [0.25, 0.3) is 0 Å². The third-order valence-corrected chi connectivity index (χ3v) is 5.24. The Morgan fingerprint density at radius 1 is 1.00 bits per heavy atom. The lowest BCUT2D eigenvalue weighted by atomic mass is 9.97. The van der Waals surface area contributed by atoms with Crippen molar-refractivity contribution in [1.82, 2.24) is 9.80 Å². The number of rotatable bonds is 4. The predicted octanol–water partition coefficient (Wildman–Crippen LogP) is 3.39. The van der Waals surface area contributed by atoms with Crippen molar-refractivity contribution in [2.75, 3.05) is 13.1 Å². The van der Waals surface area contributed by atoms with Crippen LogP contribution >= 0.6 is 0 Å². The molecule has 0 aliphatic carbocycles. The number of carbonyl (C=O) groups excluding carboxylic acids is 2. The molecule has 1 fully saturated rings. The molecule has 0 N–H and O–H groups in total. The van der Waals surface area contributed by atoms with Gasteiger partial charge in [-0.25, -0.2) is 4.39 Å². The van der Waals surface area contributed by atoms with Crippen LogP contribution in [0, 0.1) is 5.82 Å². The zero-order chi connectivity index (χ0) is 17.6. The van der Waals surface area contributed by atoms with Crippen LogP contribution in [0.2, 0.25) is 0 Å². The zero-order valence-electron chi connectivity index (χ0n) is 14.0. The molecule has 0 bridgehead atoms. The van der Waals surface area contributed by atoms with Crippen molar-refractivity contribution in [1.29, 1.82) is 0 Å². The fourth-order valence-electron chi connectivity index (χ4n) is 3.60. The fourth-order valence-corrected chi connectivity index (χ4v) is 3.60. The minimum Gasteiger partial charge on any atom is -0.297 e. The van der Waals surface area contributed by atoms with Gasteiger partial charge in [0.25, 0.3) is 11.8 Å². The summed E-state index contributed by atoms with van der Waals surface area (Å²) in [7, 11) is 0. The van der Waals surface area contributed by atoms with Gasteiger partial charge in [0.05, 0.1) is 17.7 Å². The molecule has 0 radical (unpaired) electrons. The lowest BCUT2D eigenvalue weighted by molar-refractivity contribution is 0.0638. The average Bonchev–Trinajstić information content (AvgIpc) is 2.80. The van der Waals surface area contributed by atoms with E-state index in [4.69, 9.17) is 0 Å². The predicted molar refractivity (Wildman–Crippen MR) is 91.7 cm³/mol. The van der Waals surface area contributed by atoms with E-state index in [1.165, 1.54) is 6.07 Å². The number of hydrogen-bond donors (Lipinski definition) is 0. The summed E-state index contributed by atoms with van der Waals surface area (Å²) in [6, 6.07) is 11.8. The number of nitrogens with zero attached hydrogens (tertiary/aromatic N) is 2. The van der Waals surface area contributed by atoms with Gasteiger partial charge >= 0.3 is 0 Å². The smallest absolute Gasteiger partial charge is 0.261 e. The van der Waals surface area contributed by atoms with Crippen LogP contribution in [0.1, 0.15) is 51.2 Å². The van der Waals surface area contributed by atoms with Gasteiger partial charge in [-0.2, -0.15) is 0 Å². The SMILES string of the molecule is C[C@@H](c1cccc(F)c1CN1C(=O)c2ccccc2C1=O)N1CCC1. The minimum absolute atomic E-state index is 0.0352. The standard InChI is InChI=1S/C20H19FN2O2/c1-13(22-10-5-11-22)14-8-4-9-18(21)17(14)12-23-19(24)15-6-2-3-7-16(15)20(23)25/h2-4,6-9,13H,5,10-12H2,1H3/t13-/m0/s1. The number of amides is 2. The first-order chi connectivity index (χ1) is 12.1. The summed E-state index contributed by atoms with van der Waals surface area (Å²) in [5.41, 5.74) is 2.05. The maximum Gasteiger partial charge on any atom is 0.261 e. The van der Waals surface area contributed by atoms with Crippen LogP contribution in [0.15, 0.2) is 42.5 Å². The quantitative estimate of drug-likeness (QED) is 0.803. The molecule has 4 nitrogen and oxygen atoms in total. The Morgan fingerprint density at radius 2 is 1.64 bits per heavy atom. The lowest BCUT2D eigenvalue weighted by Crippen LogP contribution is -2.39. The summed E-state index contributed by atoms with van der Waals surface area (Å²) < 4.78 is 14.6. The van der Waals surface area contributed by atoms with Crippen LogP contribution in [0.4, 0.5) is 4.39 Å². The number of benzene rings is 2. The highest BCUT2D eigenvalue weighted by atomic mass is 19.1. The number of fused-ring (bicyclic) bond motifs is 1. The van der Waals surface area contributed by atoms with Gasteiger partial charge in [0.15, 0.2) is 0 Å². The molecule has 2 aliphatic rings.